The van der Waals surface area contributed by atoms with Crippen LogP contribution in [0.2, 0.25) is 0 Å². The van der Waals surface area contributed by atoms with Crippen LogP contribution in [0.4, 0.5) is 17.1 Å². The smallest absolute Gasteiger partial charge is 0.292 e. The maximum absolute atomic E-state index is 12.6. The predicted octanol–water partition coefficient (Wildman–Crippen LogP) is 1.33. The maximum Gasteiger partial charge on any atom is 0.292 e. The summed E-state index contributed by atoms with van der Waals surface area (Å²) in [5.74, 6) is -0.808. The molecule has 3 N–H and O–H groups in total. The van der Waals surface area contributed by atoms with Crippen LogP contribution in [-0.2, 0) is 19.6 Å². The molecule has 1 aliphatic rings. The fourth-order valence-electron chi connectivity index (χ4n) is 2.53. The van der Waals surface area contributed by atoms with Crippen LogP contribution in [0.1, 0.15) is 6.92 Å². The Labute approximate surface area is 162 Å². The van der Waals surface area contributed by atoms with Gasteiger partial charge in [-0.2, -0.15) is 0 Å². The summed E-state index contributed by atoms with van der Waals surface area (Å²) in [6.07, 6.45) is 1.05. The fourth-order valence-corrected chi connectivity index (χ4v) is 3.09. The molecule has 1 aliphatic heterocycles. The standard InChI is InChI=1S/C18H19N5O4S/c1-12-18(25)23(15-6-4-3-5-7-15)21-16(19-12)17(24)20-13-8-10-14(11-9-13)22-28(2,26)27/h3-12,22H,1-2H3,(H,19,21)(H,20,24). The summed E-state index contributed by atoms with van der Waals surface area (Å²) in [6, 6.07) is 14.3. The molecule has 9 nitrogen and oxygen atoms in total. The summed E-state index contributed by atoms with van der Waals surface area (Å²) in [7, 11) is -3.38. The number of benzene rings is 2. The summed E-state index contributed by atoms with van der Waals surface area (Å²) < 4.78 is 24.8. The molecule has 1 unspecified atom stereocenters. The number of amides is 2. The molecule has 2 amide bonds. The van der Waals surface area contributed by atoms with E-state index in [4.69, 9.17) is 0 Å². The van der Waals surface area contributed by atoms with Crippen LogP contribution in [0, 0.1) is 0 Å². The molecule has 1 atom stereocenters. The number of carbonyl (C=O) groups is 2. The van der Waals surface area contributed by atoms with Gasteiger partial charge >= 0.3 is 0 Å². The molecule has 2 aromatic rings. The van der Waals surface area contributed by atoms with Crippen LogP contribution in [0.5, 0.6) is 0 Å². The Kier molecular flexibility index (Phi) is 5.32. The van der Waals surface area contributed by atoms with E-state index >= 15 is 0 Å². The molecule has 3 rings (SSSR count). The summed E-state index contributed by atoms with van der Waals surface area (Å²) in [4.78, 5) is 29.0. The largest absolute Gasteiger partial charge is 0.319 e. The number of anilines is 3. The fraction of sp³-hybridized carbons (Fsp3) is 0.167. The molecule has 146 valence electrons. The van der Waals surface area contributed by atoms with Gasteiger partial charge in [-0.05, 0) is 43.3 Å². The van der Waals surface area contributed by atoms with Crippen molar-refractivity contribution in [3.05, 3.63) is 54.6 Å². The molecular formula is C18H19N5O4S. The van der Waals surface area contributed by atoms with Gasteiger partial charge in [-0.1, -0.05) is 18.2 Å². The van der Waals surface area contributed by atoms with Crippen molar-refractivity contribution in [2.75, 3.05) is 21.3 Å². The quantitative estimate of drug-likeness (QED) is 0.698. The lowest BCUT2D eigenvalue weighted by atomic mass is 10.2. The van der Waals surface area contributed by atoms with Crippen molar-refractivity contribution in [2.45, 2.75) is 13.0 Å². The van der Waals surface area contributed by atoms with Gasteiger partial charge in [0.15, 0.2) is 0 Å². The van der Waals surface area contributed by atoms with Gasteiger partial charge in [0.2, 0.25) is 15.9 Å². The van der Waals surface area contributed by atoms with Crippen molar-refractivity contribution in [3.63, 3.8) is 0 Å². The molecule has 1 heterocycles. The van der Waals surface area contributed by atoms with Crippen molar-refractivity contribution in [1.29, 1.82) is 0 Å². The summed E-state index contributed by atoms with van der Waals surface area (Å²) >= 11 is 0. The number of para-hydroxylation sites is 1. The van der Waals surface area contributed by atoms with Gasteiger partial charge in [0.25, 0.3) is 11.8 Å². The van der Waals surface area contributed by atoms with E-state index in [-0.39, 0.29) is 11.7 Å². The van der Waals surface area contributed by atoms with Crippen molar-refractivity contribution in [2.24, 2.45) is 4.99 Å². The highest BCUT2D eigenvalue weighted by Gasteiger charge is 2.30. The van der Waals surface area contributed by atoms with Crippen molar-refractivity contribution >= 4 is 44.7 Å². The van der Waals surface area contributed by atoms with E-state index in [1.165, 1.54) is 17.1 Å². The minimum absolute atomic E-state index is 0.00529. The van der Waals surface area contributed by atoms with E-state index in [1.807, 2.05) is 6.07 Å². The zero-order valence-electron chi connectivity index (χ0n) is 15.2. The lowest BCUT2D eigenvalue weighted by molar-refractivity contribution is -0.120. The average molecular weight is 401 g/mol. The van der Waals surface area contributed by atoms with Crippen LogP contribution in [0.25, 0.3) is 0 Å². The van der Waals surface area contributed by atoms with Gasteiger partial charge in [-0.25, -0.2) is 18.4 Å². The number of carbonyl (C=O) groups excluding carboxylic acids is 2. The molecule has 2 aromatic carbocycles. The topological polar surface area (TPSA) is 120 Å². The van der Waals surface area contributed by atoms with Gasteiger partial charge in [-0.15, -0.1) is 0 Å². The first-order valence-electron chi connectivity index (χ1n) is 8.35. The summed E-state index contributed by atoms with van der Waals surface area (Å²) in [6.45, 7) is 1.61. The molecule has 0 aromatic heterocycles. The summed E-state index contributed by atoms with van der Waals surface area (Å²) in [5, 5.41) is 3.95. The number of sulfonamides is 1. The Morgan fingerprint density at radius 2 is 1.68 bits per heavy atom. The highest BCUT2D eigenvalue weighted by molar-refractivity contribution is 7.92. The molecular weight excluding hydrogens is 382 g/mol. The third-order valence-corrected chi connectivity index (χ3v) is 4.40. The van der Waals surface area contributed by atoms with Crippen molar-refractivity contribution in [3.8, 4) is 0 Å². The second-order valence-corrected chi connectivity index (χ2v) is 7.93. The molecule has 0 saturated heterocycles. The van der Waals surface area contributed by atoms with Crippen molar-refractivity contribution in [1.82, 2.24) is 5.43 Å². The van der Waals surface area contributed by atoms with E-state index in [9.17, 15) is 18.0 Å². The van der Waals surface area contributed by atoms with E-state index in [1.54, 1.807) is 43.3 Å². The number of aliphatic imine (C=N–C) groups is 1. The Morgan fingerprint density at radius 3 is 2.29 bits per heavy atom. The van der Waals surface area contributed by atoms with E-state index in [0.717, 1.165) is 6.26 Å². The SMILES string of the molecule is CC1N=C(C(=O)Nc2ccc(NS(C)(=O)=O)cc2)NN(c2ccccc2)C1=O. The van der Waals surface area contributed by atoms with Gasteiger partial charge in [0, 0.05) is 11.4 Å². The first-order valence-corrected chi connectivity index (χ1v) is 10.2. The molecule has 0 saturated carbocycles. The minimum atomic E-state index is -3.38. The van der Waals surface area contributed by atoms with Crippen LogP contribution < -0.4 is 20.5 Å². The van der Waals surface area contributed by atoms with Crippen LogP contribution >= 0.6 is 0 Å². The maximum atomic E-state index is 12.6. The normalized spacial score (nSPS) is 16.8. The number of rotatable bonds is 5. The molecule has 0 bridgehead atoms. The van der Waals surface area contributed by atoms with Crippen LogP contribution in [0.15, 0.2) is 59.6 Å². The van der Waals surface area contributed by atoms with E-state index < -0.39 is 22.0 Å². The Balaban J connectivity index is 1.73. The van der Waals surface area contributed by atoms with Gasteiger partial charge in [0.1, 0.15) is 6.04 Å². The van der Waals surface area contributed by atoms with Crippen LogP contribution in [0.3, 0.4) is 0 Å². The second-order valence-electron chi connectivity index (χ2n) is 6.18. The number of nitrogens with zero attached hydrogens (tertiary/aromatic N) is 2. The number of hydrogen-bond acceptors (Lipinski definition) is 6. The van der Waals surface area contributed by atoms with Gasteiger partial charge in [0.05, 0.1) is 11.9 Å². The average Bonchev–Trinajstić information content (AvgIpc) is 2.65. The highest BCUT2D eigenvalue weighted by atomic mass is 32.2. The number of hydrazine groups is 1. The monoisotopic (exact) mass is 401 g/mol. The zero-order valence-corrected chi connectivity index (χ0v) is 16.0. The summed E-state index contributed by atoms with van der Waals surface area (Å²) in [5.41, 5.74) is 4.16. The Bertz CT molecular complexity index is 1020. The van der Waals surface area contributed by atoms with Gasteiger partial charge < -0.3 is 5.32 Å². The Hall–Kier alpha value is -3.40. The first-order chi connectivity index (χ1) is 13.2. The lowest BCUT2D eigenvalue weighted by Crippen LogP contribution is -2.57. The van der Waals surface area contributed by atoms with E-state index in [2.05, 4.69) is 20.5 Å². The van der Waals surface area contributed by atoms with Crippen LogP contribution in [-0.4, -0.2) is 38.4 Å². The van der Waals surface area contributed by atoms with Gasteiger partial charge in [-0.3, -0.25) is 19.7 Å². The highest BCUT2D eigenvalue weighted by Crippen LogP contribution is 2.17. The lowest BCUT2D eigenvalue weighted by Gasteiger charge is -2.30. The first kappa shape index (κ1) is 19.4. The minimum Gasteiger partial charge on any atom is -0.319 e. The zero-order chi connectivity index (χ0) is 20.3. The van der Waals surface area contributed by atoms with E-state index in [0.29, 0.717) is 17.1 Å². The molecule has 0 radical (unpaired) electrons. The third-order valence-electron chi connectivity index (χ3n) is 3.79. The Morgan fingerprint density at radius 1 is 1.07 bits per heavy atom. The molecule has 10 heteroatoms. The molecule has 0 spiro atoms. The number of hydrogen-bond donors (Lipinski definition) is 3. The number of amidine groups is 1. The molecule has 0 fully saturated rings. The van der Waals surface area contributed by atoms with Crippen molar-refractivity contribution < 1.29 is 18.0 Å². The predicted molar refractivity (Wildman–Crippen MR) is 107 cm³/mol. The second kappa shape index (κ2) is 7.69. The molecule has 0 aliphatic carbocycles. The number of nitrogens with one attached hydrogen (secondary N) is 3. The molecule has 28 heavy (non-hydrogen) atoms. The third kappa shape index (κ3) is 4.65.